The van der Waals surface area contributed by atoms with Crippen LogP contribution in [0.1, 0.15) is 5.56 Å². The van der Waals surface area contributed by atoms with Crippen molar-refractivity contribution in [3.63, 3.8) is 0 Å². The third-order valence-corrected chi connectivity index (χ3v) is 13.6. The highest BCUT2D eigenvalue weighted by Gasteiger charge is 2.28. The minimum atomic E-state index is 0.475. The smallest absolute Gasteiger partial charge is 0.178 e. The van der Waals surface area contributed by atoms with Gasteiger partial charge in [-0.1, -0.05) is 158 Å². The van der Waals surface area contributed by atoms with Gasteiger partial charge in [0, 0.05) is 66.7 Å². The highest BCUT2D eigenvalue weighted by Crippen LogP contribution is 2.54. The summed E-state index contributed by atoms with van der Waals surface area (Å²) >= 11 is 0. The molecule has 3 aromatic heterocycles. The van der Waals surface area contributed by atoms with Crippen LogP contribution in [0.15, 0.2) is 212 Å². The predicted octanol–water partition coefficient (Wildman–Crippen LogP) is 15.9. The van der Waals surface area contributed by atoms with Crippen LogP contribution in [0.25, 0.3) is 89.7 Å². The number of aromatic nitrogens is 8. The van der Waals surface area contributed by atoms with Gasteiger partial charge in [0.2, 0.25) is 0 Å². The summed E-state index contributed by atoms with van der Waals surface area (Å²) in [5.74, 6) is 3.01. The van der Waals surface area contributed by atoms with Crippen molar-refractivity contribution in [3.05, 3.63) is 218 Å². The van der Waals surface area contributed by atoms with Gasteiger partial charge in [-0.05, 0) is 61.5 Å². The molecule has 0 aliphatic carbocycles. The lowest BCUT2D eigenvalue weighted by Gasteiger charge is -2.27. The largest absolute Gasteiger partial charge is 0.452 e. The zero-order valence-electron chi connectivity index (χ0n) is 40.8. The van der Waals surface area contributed by atoms with Gasteiger partial charge in [-0.2, -0.15) is 0 Å². The summed E-state index contributed by atoms with van der Waals surface area (Å²) in [4.78, 5) is 38.6. The second-order valence-electron chi connectivity index (χ2n) is 18.4. The van der Waals surface area contributed by atoms with Crippen molar-refractivity contribution >= 4 is 89.6 Å². The first-order valence-corrected chi connectivity index (χ1v) is 25.0. The predicted molar refractivity (Wildman–Crippen MR) is 306 cm³/mol. The standard InChI is InChI=1S/C63H44N12O/c1-37-51(64-38-21-6-2-7-22-38)53(66-40-25-10-4-11-26-40)55(54(67-41-27-12-5-13-28-41)52(37)65-39-23-8-3-9-24-39)76-49-36-20-35-48-50(49)63-74-61-47-34-19-18-33-46(47)59(72-61)70-57-43-30-15-14-29-42(43)56(68-57)69-58-44-31-16-17-32-45(44)60(71-58)73-62(48)75-63/h2-36,64-67H,1H3,(H2,68,69,70,71,72,73,74,75). The number of hydrogen-bond acceptors (Lipinski definition) is 11. The minimum absolute atomic E-state index is 0.475. The highest BCUT2D eigenvalue weighted by atomic mass is 16.5. The second kappa shape index (κ2) is 18.4. The molecule has 0 amide bonds. The zero-order chi connectivity index (χ0) is 50.5. The average molecular weight is 985 g/mol. The van der Waals surface area contributed by atoms with E-state index in [1.165, 1.54) is 0 Å². The van der Waals surface area contributed by atoms with Crippen LogP contribution in [0.4, 0.5) is 45.5 Å². The number of H-pyrrole nitrogens is 2. The van der Waals surface area contributed by atoms with Crippen LogP contribution in [-0.2, 0) is 0 Å². The Morgan fingerprint density at radius 2 is 0.645 bits per heavy atom. The molecule has 2 aliphatic rings. The van der Waals surface area contributed by atoms with E-state index in [1.807, 2.05) is 188 Å². The lowest BCUT2D eigenvalue weighted by atomic mass is 10.0. The summed E-state index contributed by atoms with van der Waals surface area (Å²) < 4.78 is 7.64. The topological polar surface area (TPSA) is 166 Å². The van der Waals surface area contributed by atoms with E-state index in [0.29, 0.717) is 74.1 Å². The zero-order valence-corrected chi connectivity index (χ0v) is 40.8. The number of nitrogens with zero attached hydrogens (tertiary/aromatic N) is 6. The first-order chi connectivity index (χ1) is 37.6. The molecule has 14 rings (SSSR count). The summed E-state index contributed by atoms with van der Waals surface area (Å²) in [6.45, 7) is 2.11. The van der Waals surface area contributed by atoms with Gasteiger partial charge in [-0.3, -0.25) is 0 Å². The number of nitrogens with one attached hydrogen (secondary N) is 6. The molecular weight excluding hydrogens is 941 g/mol. The minimum Gasteiger partial charge on any atom is -0.452 e. The first kappa shape index (κ1) is 44.1. The molecule has 0 spiro atoms. The number of rotatable bonds is 10. The normalized spacial score (nSPS) is 11.5. The van der Waals surface area contributed by atoms with Crippen molar-refractivity contribution in [2.75, 3.05) is 21.3 Å². The molecule has 8 bridgehead atoms. The van der Waals surface area contributed by atoms with Gasteiger partial charge in [0.1, 0.15) is 39.7 Å². The third kappa shape index (κ3) is 7.92. The monoisotopic (exact) mass is 984 g/mol. The molecule has 0 unspecified atom stereocenters. The summed E-state index contributed by atoms with van der Waals surface area (Å²) in [5, 5.41) is 18.5. The fourth-order valence-corrected chi connectivity index (χ4v) is 10.0. The molecule has 5 heterocycles. The van der Waals surface area contributed by atoms with Gasteiger partial charge in [0.05, 0.1) is 16.8 Å². The number of ether oxygens (including phenoxy) is 1. The van der Waals surface area contributed by atoms with Crippen molar-refractivity contribution < 1.29 is 4.74 Å². The fraction of sp³-hybridized carbons (Fsp3) is 0.0159. The van der Waals surface area contributed by atoms with E-state index in [2.05, 4.69) is 62.4 Å². The van der Waals surface area contributed by atoms with Crippen LogP contribution in [0.2, 0.25) is 0 Å². The van der Waals surface area contributed by atoms with Crippen molar-refractivity contribution in [3.8, 4) is 57.1 Å². The quantitative estimate of drug-likeness (QED) is 0.0772. The molecule has 0 saturated carbocycles. The maximum Gasteiger partial charge on any atom is 0.178 e. The van der Waals surface area contributed by atoms with Crippen molar-refractivity contribution in [1.29, 1.82) is 0 Å². The third-order valence-electron chi connectivity index (χ3n) is 13.6. The number of fused-ring (bicyclic) bond motifs is 20. The van der Waals surface area contributed by atoms with E-state index >= 15 is 0 Å². The summed E-state index contributed by atoms with van der Waals surface area (Å²) in [5.41, 5.74) is 13.0. The molecule has 12 aromatic rings. The van der Waals surface area contributed by atoms with E-state index in [1.54, 1.807) is 0 Å². The average Bonchev–Trinajstić information content (AvgIpc) is 4.29. The van der Waals surface area contributed by atoms with Crippen LogP contribution in [-0.4, -0.2) is 39.9 Å². The second-order valence-corrected chi connectivity index (χ2v) is 18.4. The SMILES string of the molecule is Cc1c(Nc2ccccc2)c(Nc2ccccc2)c(Oc2cccc3c4nc5nc(nc6[nH]c(nc7nc(nc([nH]4)c23)-c2ccccc2-7)c2ccccc62)-c2ccccc2-5)c(Nc2ccccc2)c1Nc1ccccc1. The number of benzene rings is 9. The van der Waals surface area contributed by atoms with Gasteiger partial charge >= 0.3 is 0 Å². The van der Waals surface area contributed by atoms with Crippen LogP contribution < -0.4 is 26.0 Å². The Morgan fingerprint density at radius 1 is 0.316 bits per heavy atom. The lowest BCUT2D eigenvalue weighted by Crippen LogP contribution is -2.09. The Kier molecular flexibility index (Phi) is 10.7. The number of aromatic amines is 2. The Morgan fingerprint density at radius 3 is 1.07 bits per heavy atom. The molecule has 0 radical (unpaired) electrons. The van der Waals surface area contributed by atoms with Crippen LogP contribution in [0.3, 0.4) is 0 Å². The van der Waals surface area contributed by atoms with E-state index in [9.17, 15) is 0 Å². The molecule has 9 aromatic carbocycles. The van der Waals surface area contributed by atoms with Gasteiger partial charge in [0.15, 0.2) is 29.0 Å². The molecule has 6 N–H and O–H groups in total. The van der Waals surface area contributed by atoms with Crippen LogP contribution in [0, 0.1) is 6.92 Å². The highest BCUT2D eigenvalue weighted by molar-refractivity contribution is 6.10. The van der Waals surface area contributed by atoms with Gasteiger partial charge in [-0.15, -0.1) is 0 Å². The van der Waals surface area contributed by atoms with E-state index in [-0.39, 0.29) is 0 Å². The summed E-state index contributed by atoms with van der Waals surface area (Å²) in [6, 6.07) is 70.6. The molecule has 0 saturated heterocycles. The Labute approximate surface area is 435 Å². The van der Waals surface area contributed by atoms with E-state index in [4.69, 9.17) is 34.6 Å². The number of para-hydroxylation sites is 4. The molecular formula is C63H44N12O. The summed E-state index contributed by atoms with van der Waals surface area (Å²) in [7, 11) is 0. The van der Waals surface area contributed by atoms with Gasteiger partial charge < -0.3 is 36.0 Å². The van der Waals surface area contributed by atoms with Crippen LogP contribution in [0.5, 0.6) is 11.5 Å². The molecule has 13 nitrogen and oxygen atoms in total. The molecule has 13 heteroatoms. The molecule has 76 heavy (non-hydrogen) atoms. The number of anilines is 8. The Hall–Kier alpha value is -10.7. The first-order valence-electron chi connectivity index (χ1n) is 25.0. The molecule has 362 valence electrons. The van der Waals surface area contributed by atoms with Crippen molar-refractivity contribution in [2.45, 2.75) is 6.92 Å². The van der Waals surface area contributed by atoms with Crippen molar-refractivity contribution in [1.82, 2.24) is 39.9 Å². The molecule has 2 aliphatic heterocycles. The number of hydrogen-bond donors (Lipinski definition) is 6. The maximum absolute atomic E-state index is 7.64. The fourth-order valence-electron chi connectivity index (χ4n) is 10.0. The van der Waals surface area contributed by atoms with Crippen molar-refractivity contribution in [2.24, 2.45) is 0 Å². The Bertz CT molecular complexity index is 4280. The molecule has 0 atom stereocenters. The van der Waals surface area contributed by atoms with E-state index in [0.717, 1.165) is 78.1 Å². The van der Waals surface area contributed by atoms with E-state index < -0.39 is 0 Å². The maximum atomic E-state index is 7.64. The summed E-state index contributed by atoms with van der Waals surface area (Å²) in [6.07, 6.45) is 0. The lowest BCUT2D eigenvalue weighted by molar-refractivity contribution is 0.493. The molecule has 0 fully saturated rings. The van der Waals surface area contributed by atoms with Crippen LogP contribution >= 0.6 is 0 Å². The van der Waals surface area contributed by atoms with Gasteiger partial charge in [-0.25, -0.2) is 29.9 Å². The van der Waals surface area contributed by atoms with Gasteiger partial charge in [0.25, 0.3) is 0 Å². The Balaban J connectivity index is 1.08.